The van der Waals surface area contributed by atoms with Gasteiger partial charge in [0, 0.05) is 5.92 Å². The van der Waals surface area contributed by atoms with Crippen LogP contribution in [0.5, 0.6) is 0 Å². The minimum atomic E-state index is -1.99. The third-order valence-electron chi connectivity index (χ3n) is 2.09. The third-order valence-corrected chi connectivity index (χ3v) is 2.09. The number of allylic oxidation sites excluding steroid dienone is 1. The third kappa shape index (κ3) is 4.02. The van der Waals surface area contributed by atoms with E-state index in [0.29, 0.717) is 6.42 Å². The van der Waals surface area contributed by atoms with Gasteiger partial charge < -0.3 is 4.74 Å². The molecule has 0 aliphatic rings. The first-order chi connectivity index (χ1) is 6.84. The second-order valence-corrected chi connectivity index (χ2v) is 4.28. The lowest BCUT2D eigenvalue weighted by Crippen LogP contribution is -2.39. The van der Waals surface area contributed by atoms with Crippen molar-refractivity contribution in [3.63, 3.8) is 0 Å². The highest BCUT2D eigenvalue weighted by Gasteiger charge is 2.41. The maximum absolute atomic E-state index is 14.3. The van der Waals surface area contributed by atoms with Gasteiger partial charge in [-0.15, -0.1) is 0 Å². The molecule has 3 heteroatoms. The highest BCUT2D eigenvalue weighted by atomic mass is 19.1. The largest absolute Gasteiger partial charge is 0.463 e. The van der Waals surface area contributed by atoms with Crippen LogP contribution >= 0.6 is 0 Å². The Balaban J connectivity index is 4.79. The second-order valence-electron chi connectivity index (χ2n) is 4.28. The predicted octanol–water partition coefficient (Wildman–Crippen LogP) is 3.27. The Morgan fingerprint density at radius 3 is 2.33 bits per heavy atom. The molecule has 15 heavy (non-hydrogen) atoms. The summed E-state index contributed by atoms with van der Waals surface area (Å²) in [7, 11) is 0. The predicted molar refractivity (Wildman–Crippen MR) is 59.4 cm³/mol. The highest BCUT2D eigenvalue weighted by Crippen LogP contribution is 2.27. The Labute approximate surface area is 91.5 Å². The Bertz CT molecular complexity index is 242. The number of carbonyl (C=O) groups excluding carboxylic acids is 1. The van der Waals surface area contributed by atoms with Gasteiger partial charge >= 0.3 is 5.97 Å². The molecule has 0 saturated carbocycles. The van der Waals surface area contributed by atoms with E-state index in [2.05, 4.69) is 0 Å². The van der Waals surface area contributed by atoms with Gasteiger partial charge in [0.25, 0.3) is 0 Å². The standard InChI is InChI=1S/C12H21FO2/c1-6-7-15-11(14)12(13,10(4)5)8-9(2)3/h8,10H,6-7H2,1-5H3. The van der Waals surface area contributed by atoms with Crippen molar-refractivity contribution >= 4 is 5.97 Å². The van der Waals surface area contributed by atoms with Crippen LogP contribution in [-0.2, 0) is 9.53 Å². The monoisotopic (exact) mass is 216 g/mol. The summed E-state index contributed by atoms with van der Waals surface area (Å²) in [5, 5.41) is 0. The van der Waals surface area contributed by atoms with Crippen molar-refractivity contribution in [2.75, 3.05) is 6.61 Å². The van der Waals surface area contributed by atoms with Gasteiger partial charge in [0.2, 0.25) is 5.67 Å². The van der Waals surface area contributed by atoms with Crippen LogP contribution in [0.3, 0.4) is 0 Å². The van der Waals surface area contributed by atoms with E-state index >= 15 is 0 Å². The highest BCUT2D eigenvalue weighted by molar-refractivity contribution is 5.82. The van der Waals surface area contributed by atoms with E-state index in [4.69, 9.17) is 4.74 Å². The minimum absolute atomic E-state index is 0.272. The van der Waals surface area contributed by atoms with Gasteiger partial charge in [-0.3, -0.25) is 0 Å². The van der Waals surface area contributed by atoms with Gasteiger partial charge in [0.15, 0.2) is 0 Å². The summed E-state index contributed by atoms with van der Waals surface area (Å²) in [6, 6.07) is 0. The van der Waals surface area contributed by atoms with Crippen LogP contribution in [0.2, 0.25) is 0 Å². The summed E-state index contributed by atoms with van der Waals surface area (Å²) in [5.74, 6) is -1.20. The molecule has 0 aliphatic carbocycles. The molecule has 0 heterocycles. The first kappa shape index (κ1) is 14.1. The van der Waals surface area contributed by atoms with Crippen molar-refractivity contribution in [1.29, 1.82) is 0 Å². The van der Waals surface area contributed by atoms with Crippen molar-refractivity contribution < 1.29 is 13.9 Å². The quantitative estimate of drug-likeness (QED) is 0.521. The number of halogens is 1. The molecular weight excluding hydrogens is 195 g/mol. The molecule has 0 rings (SSSR count). The number of rotatable bonds is 5. The molecule has 0 amide bonds. The summed E-state index contributed by atoms with van der Waals surface area (Å²) in [6.07, 6.45) is 2.05. The molecule has 0 aromatic heterocycles. The molecule has 0 saturated heterocycles. The number of hydrogen-bond donors (Lipinski definition) is 0. The zero-order valence-corrected chi connectivity index (χ0v) is 10.3. The van der Waals surface area contributed by atoms with Crippen LogP contribution < -0.4 is 0 Å². The smallest absolute Gasteiger partial charge is 0.348 e. The summed E-state index contributed by atoms with van der Waals surface area (Å²) in [4.78, 5) is 11.6. The number of esters is 1. The maximum atomic E-state index is 14.3. The van der Waals surface area contributed by atoms with Gasteiger partial charge in [-0.2, -0.15) is 0 Å². The second kappa shape index (κ2) is 5.89. The Kier molecular flexibility index (Phi) is 5.55. The van der Waals surface area contributed by atoms with Crippen LogP contribution in [0.1, 0.15) is 41.0 Å². The van der Waals surface area contributed by atoms with E-state index in [9.17, 15) is 9.18 Å². The molecule has 0 fully saturated rings. The fourth-order valence-corrected chi connectivity index (χ4v) is 1.19. The fraction of sp³-hybridized carbons (Fsp3) is 0.750. The normalized spacial score (nSPS) is 14.6. The van der Waals surface area contributed by atoms with Crippen LogP contribution in [0, 0.1) is 5.92 Å². The minimum Gasteiger partial charge on any atom is -0.463 e. The molecule has 1 atom stereocenters. The molecule has 2 nitrogen and oxygen atoms in total. The molecule has 0 radical (unpaired) electrons. The van der Waals surface area contributed by atoms with Crippen LogP contribution in [0.25, 0.3) is 0 Å². The number of carbonyl (C=O) groups is 1. The first-order valence-electron chi connectivity index (χ1n) is 5.36. The zero-order chi connectivity index (χ0) is 12.1. The van der Waals surface area contributed by atoms with Crippen molar-refractivity contribution in [3.8, 4) is 0 Å². The van der Waals surface area contributed by atoms with Crippen LogP contribution in [0.15, 0.2) is 11.6 Å². The molecule has 88 valence electrons. The average molecular weight is 216 g/mol. The molecule has 0 aliphatic heterocycles. The fourth-order valence-electron chi connectivity index (χ4n) is 1.19. The van der Waals surface area contributed by atoms with Crippen molar-refractivity contribution in [1.82, 2.24) is 0 Å². The molecule has 0 spiro atoms. The van der Waals surface area contributed by atoms with Gasteiger partial charge in [0.1, 0.15) is 0 Å². The van der Waals surface area contributed by atoms with Gasteiger partial charge in [0.05, 0.1) is 6.61 Å². The summed E-state index contributed by atoms with van der Waals surface area (Å²) < 4.78 is 19.2. The molecule has 0 bridgehead atoms. The Hall–Kier alpha value is -0.860. The molecule has 0 aromatic rings. The van der Waals surface area contributed by atoms with Gasteiger partial charge in [-0.25, -0.2) is 9.18 Å². The molecule has 1 unspecified atom stereocenters. The summed E-state index contributed by atoms with van der Waals surface area (Å²) in [6.45, 7) is 9.03. The van der Waals surface area contributed by atoms with Crippen LogP contribution in [0.4, 0.5) is 4.39 Å². The topological polar surface area (TPSA) is 26.3 Å². The summed E-state index contributed by atoms with van der Waals surface area (Å²) in [5.41, 5.74) is -1.21. The van der Waals surface area contributed by atoms with Gasteiger partial charge in [-0.1, -0.05) is 26.3 Å². The Morgan fingerprint density at radius 2 is 2.00 bits per heavy atom. The number of ether oxygens (including phenoxy) is 1. The van der Waals surface area contributed by atoms with E-state index in [1.54, 1.807) is 27.7 Å². The van der Waals surface area contributed by atoms with E-state index in [-0.39, 0.29) is 6.61 Å². The molecule has 0 N–H and O–H groups in total. The maximum Gasteiger partial charge on any atom is 0.348 e. The van der Waals surface area contributed by atoms with Crippen LogP contribution in [-0.4, -0.2) is 18.2 Å². The Morgan fingerprint density at radius 1 is 1.47 bits per heavy atom. The SMILES string of the molecule is CCCOC(=O)C(F)(C=C(C)C)C(C)C. The molecule has 0 aromatic carbocycles. The van der Waals surface area contributed by atoms with E-state index < -0.39 is 17.6 Å². The zero-order valence-electron chi connectivity index (χ0n) is 10.3. The first-order valence-corrected chi connectivity index (χ1v) is 5.36. The van der Waals surface area contributed by atoms with Gasteiger partial charge in [-0.05, 0) is 26.3 Å². The van der Waals surface area contributed by atoms with E-state index in [0.717, 1.165) is 5.57 Å². The number of hydrogen-bond acceptors (Lipinski definition) is 2. The number of alkyl halides is 1. The van der Waals surface area contributed by atoms with Crippen molar-refractivity contribution in [3.05, 3.63) is 11.6 Å². The van der Waals surface area contributed by atoms with E-state index in [1.807, 2.05) is 6.92 Å². The lowest BCUT2D eigenvalue weighted by Gasteiger charge is -2.24. The lowest BCUT2D eigenvalue weighted by atomic mass is 9.90. The van der Waals surface area contributed by atoms with Crippen molar-refractivity contribution in [2.45, 2.75) is 46.7 Å². The lowest BCUT2D eigenvalue weighted by molar-refractivity contribution is -0.157. The van der Waals surface area contributed by atoms with Crippen molar-refractivity contribution in [2.24, 2.45) is 5.92 Å². The van der Waals surface area contributed by atoms with E-state index in [1.165, 1.54) is 6.08 Å². The summed E-state index contributed by atoms with van der Waals surface area (Å²) >= 11 is 0. The average Bonchev–Trinajstić information content (AvgIpc) is 2.12. The molecular formula is C12H21FO2.